The minimum absolute atomic E-state index is 0.0233. The summed E-state index contributed by atoms with van der Waals surface area (Å²) < 4.78 is 11.1. The van der Waals surface area contributed by atoms with Crippen molar-refractivity contribution in [2.24, 2.45) is 5.92 Å². The second kappa shape index (κ2) is 5.62. The van der Waals surface area contributed by atoms with Crippen molar-refractivity contribution in [1.29, 1.82) is 0 Å². The number of methoxy groups -OCH3 is 1. The number of anilines is 1. The van der Waals surface area contributed by atoms with Crippen molar-refractivity contribution in [3.63, 3.8) is 0 Å². The Balaban J connectivity index is 1.74. The molecule has 0 aromatic heterocycles. The molecule has 7 heteroatoms. The third kappa shape index (κ3) is 1.91. The van der Waals surface area contributed by atoms with Crippen LogP contribution in [0.3, 0.4) is 0 Å². The highest BCUT2D eigenvalue weighted by atomic mass is 16.6. The van der Waals surface area contributed by atoms with E-state index in [4.69, 9.17) is 9.47 Å². The van der Waals surface area contributed by atoms with Gasteiger partial charge in [-0.3, -0.25) is 14.6 Å². The molecule has 7 nitrogen and oxygen atoms in total. The van der Waals surface area contributed by atoms with Crippen LogP contribution in [0.1, 0.15) is 25.3 Å². The maximum absolute atomic E-state index is 12.9. The van der Waals surface area contributed by atoms with E-state index >= 15 is 0 Å². The van der Waals surface area contributed by atoms with E-state index in [2.05, 4.69) is 11.0 Å². The zero-order valence-electron chi connectivity index (χ0n) is 16.5. The van der Waals surface area contributed by atoms with Crippen molar-refractivity contribution in [2.45, 2.75) is 37.5 Å². The number of phenols is 1. The molecule has 6 rings (SSSR count). The molecule has 2 N–H and O–H groups in total. The molecule has 5 aliphatic rings. The number of hydrogen-bond acceptors (Lipinski definition) is 6. The van der Waals surface area contributed by atoms with E-state index in [0.717, 1.165) is 42.8 Å². The quantitative estimate of drug-likeness (QED) is 0.703. The number of benzene rings is 1. The third-order valence-corrected chi connectivity index (χ3v) is 7.61. The zero-order chi connectivity index (χ0) is 20.1. The molecular weight excluding hydrogens is 372 g/mol. The van der Waals surface area contributed by atoms with Gasteiger partial charge < -0.3 is 19.7 Å². The van der Waals surface area contributed by atoms with Gasteiger partial charge in [0.2, 0.25) is 5.91 Å². The number of aliphatic hydroxyl groups excluding tert-OH is 1. The molecule has 2 saturated heterocycles. The first-order valence-corrected chi connectivity index (χ1v) is 10.2. The molecule has 29 heavy (non-hydrogen) atoms. The number of rotatable bonds is 1. The second-order valence-corrected chi connectivity index (χ2v) is 8.63. The lowest BCUT2D eigenvalue weighted by molar-refractivity contribution is -0.116. The number of aromatic hydroxyl groups is 1. The van der Waals surface area contributed by atoms with E-state index in [1.165, 1.54) is 19.6 Å². The first kappa shape index (κ1) is 17.5. The first-order valence-electron chi connectivity index (χ1n) is 10.2. The Hall–Kier alpha value is -2.35. The Morgan fingerprint density at radius 2 is 2.21 bits per heavy atom. The van der Waals surface area contributed by atoms with E-state index in [1.54, 1.807) is 11.0 Å². The molecule has 0 unspecified atom stereocenters. The Morgan fingerprint density at radius 3 is 2.97 bits per heavy atom. The second-order valence-electron chi connectivity index (χ2n) is 8.63. The van der Waals surface area contributed by atoms with Crippen LogP contribution in [0.15, 0.2) is 35.1 Å². The van der Waals surface area contributed by atoms with Gasteiger partial charge in [-0.25, -0.2) is 0 Å². The number of nitrogens with zero attached hydrogens (tertiary/aromatic N) is 2. The Kier molecular flexibility index (Phi) is 3.39. The lowest BCUT2D eigenvalue weighted by Crippen LogP contribution is -2.55. The maximum atomic E-state index is 12.9. The predicted molar refractivity (Wildman–Crippen MR) is 105 cm³/mol. The number of amides is 1. The summed E-state index contributed by atoms with van der Waals surface area (Å²) in [5.41, 5.74) is 3.87. The standard InChI is InChI=1S/C22H24N2O5/c1-11(25)24-18-14(3-4-15(28-2)19(18)26)22-6-7-23-10-12-5-8-29-21(27)17(20(22)24)13(12)9-16(22)23/h3-5,13,16,21,26-27H,6-10H2,1-2H3/t13-,16-,21-,22-/m1/s1. The number of carbonyl (C=O) groups excluding carboxylic acids is 1. The summed E-state index contributed by atoms with van der Waals surface area (Å²) in [7, 11) is 1.51. The number of piperidine rings is 1. The van der Waals surface area contributed by atoms with E-state index in [-0.39, 0.29) is 23.6 Å². The third-order valence-electron chi connectivity index (χ3n) is 7.61. The van der Waals surface area contributed by atoms with Crippen molar-refractivity contribution in [1.82, 2.24) is 4.90 Å². The maximum Gasteiger partial charge on any atom is 0.228 e. The molecule has 152 valence electrons. The molecule has 4 aliphatic heterocycles. The van der Waals surface area contributed by atoms with Crippen LogP contribution >= 0.6 is 0 Å². The molecule has 1 aromatic carbocycles. The van der Waals surface area contributed by atoms with E-state index in [9.17, 15) is 15.0 Å². The van der Waals surface area contributed by atoms with Gasteiger partial charge in [-0.1, -0.05) is 17.7 Å². The van der Waals surface area contributed by atoms with Gasteiger partial charge in [-0.15, -0.1) is 0 Å². The topological polar surface area (TPSA) is 82.5 Å². The van der Waals surface area contributed by atoms with Crippen molar-refractivity contribution >= 4 is 11.6 Å². The van der Waals surface area contributed by atoms with Crippen LogP contribution in [0.4, 0.5) is 5.69 Å². The molecule has 1 aliphatic carbocycles. The van der Waals surface area contributed by atoms with Gasteiger partial charge >= 0.3 is 0 Å². The molecule has 2 fully saturated rings. The van der Waals surface area contributed by atoms with Gasteiger partial charge in [-0.2, -0.15) is 0 Å². The van der Waals surface area contributed by atoms with E-state index < -0.39 is 11.7 Å². The number of aliphatic hydroxyl groups is 1. The zero-order valence-corrected chi connectivity index (χ0v) is 16.5. The van der Waals surface area contributed by atoms with Gasteiger partial charge in [-0.05, 0) is 24.5 Å². The van der Waals surface area contributed by atoms with Gasteiger partial charge in [0.25, 0.3) is 0 Å². The van der Waals surface area contributed by atoms with Gasteiger partial charge in [0.15, 0.2) is 17.8 Å². The normalized spacial score (nSPS) is 34.5. The molecule has 1 spiro atoms. The summed E-state index contributed by atoms with van der Waals surface area (Å²) in [6.45, 7) is 3.65. The summed E-state index contributed by atoms with van der Waals surface area (Å²) in [6.07, 6.45) is 2.76. The average Bonchev–Trinajstić information content (AvgIpc) is 3.17. The number of hydrogen-bond donors (Lipinski definition) is 2. The molecule has 2 bridgehead atoms. The smallest absolute Gasteiger partial charge is 0.228 e. The highest BCUT2D eigenvalue weighted by molar-refractivity contribution is 6.02. The monoisotopic (exact) mass is 396 g/mol. The van der Waals surface area contributed by atoms with Crippen LogP contribution < -0.4 is 9.64 Å². The van der Waals surface area contributed by atoms with E-state index in [1.807, 2.05) is 6.07 Å². The molecule has 1 amide bonds. The minimum atomic E-state index is -1.06. The van der Waals surface area contributed by atoms with Crippen molar-refractivity contribution in [2.75, 3.05) is 31.7 Å². The van der Waals surface area contributed by atoms with Crippen LogP contribution in [-0.4, -0.2) is 60.2 Å². The summed E-state index contributed by atoms with van der Waals surface area (Å²) >= 11 is 0. The summed E-state index contributed by atoms with van der Waals surface area (Å²) in [5.74, 6) is 0.196. The van der Waals surface area contributed by atoms with Crippen LogP contribution in [0, 0.1) is 5.92 Å². The molecule has 1 aromatic rings. The molecule has 4 heterocycles. The lowest BCUT2D eigenvalue weighted by atomic mass is 9.61. The van der Waals surface area contributed by atoms with E-state index in [0.29, 0.717) is 18.0 Å². The Labute approximate surface area is 168 Å². The van der Waals surface area contributed by atoms with Crippen LogP contribution in [0.2, 0.25) is 0 Å². The van der Waals surface area contributed by atoms with Crippen molar-refractivity contribution < 1.29 is 24.5 Å². The summed E-state index contributed by atoms with van der Waals surface area (Å²) in [4.78, 5) is 17.1. The fraction of sp³-hybridized carbons (Fsp3) is 0.500. The van der Waals surface area contributed by atoms with Gasteiger partial charge in [0.05, 0.1) is 24.8 Å². The first-order chi connectivity index (χ1) is 14.0. The average molecular weight is 396 g/mol. The van der Waals surface area contributed by atoms with Gasteiger partial charge in [0.1, 0.15) is 0 Å². The highest BCUT2D eigenvalue weighted by Gasteiger charge is 2.65. The number of carbonyl (C=O) groups is 1. The Bertz CT molecular complexity index is 1010. The van der Waals surface area contributed by atoms with Crippen LogP contribution in [0.5, 0.6) is 11.5 Å². The van der Waals surface area contributed by atoms with Crippen LogP contribution in [0.25, 0.3) is 0 Å². The number of fused-ring (bicyclic) bond motifs is 1. The fourth-order valence-electron chi connectivity index (χ4n) is 6.58. The Morgan fingerprint density at radius 1 is 1.38 bits per heavy atom. The summed E-state index contributed by atoms with van der Waals surface area (Å²) in [6, 6.07) is 3.98. The lowest BCUT2D eigenvalue weighted by Gasteiger charge is -2.50. The number of phenolic OH excluding ortho intramolecular Hbond substituents is 1. The van der Waals surface area contributed by atoms with Gasteiger partial charge in [0, 0.05) is 43.2 Å². The molecule has 4 atom stereocenters. The minimum Gasteiger partial charge on any atom is -0.503 e. The highest BCUT2D eigenvalue weighted by Crippen LogP contribution is 2.66. The molecule has 0 saturated carbocycles. The fourth-order valence-corrected chi connectivity index (χ4v) is 6.58. The predicted octanol–water partition coefficient (Wildman–Crippen LogP) is 1.64. The molecular formula is C22H24N2O5. The largest absolute Gasteiger partial charge is 0.503 e. The number of ether oxygens (including phenoxy) is 2. The van der Waals surface area contributed by atoms with Crippen LogP contribution in [-0.2, 0) is 14.9 Å². The summed E-state index contributed by atoms with van der Waals surface area (Å²) in [5, 5.41) is 22.0. The SMILES string of the molecule is COc1ccc2c(c1O)N(C(C)=O)C1=C3[C@@H]4C[C@H]5N(CC[C@@]125)CC4=CCO[C@H]3O. The molecule has 0 radical (unpaired) electrons. The van der Waals surface area contributed by atoms with Crippen molar-refractivity contribution in [3.8, 4) is 11.5 Å². The van der Waals surface area contributed by atoms with Crippen molar-refractivity contribution in [3.05, 3.63) is 40.6 Å².